The maximum Gasteiger partial charge on any atom is 0.357 e. The van der Waals surface area contributed by atoms with Crippen LogP contribution in [0, 0.1) is 11.3 Å². The van der Waals surface area contributed by atoms with E-state index in [1.807, 2.05) is 23.1 Å². The van der Waals surface area contributed by atoms with Gasteiger partial charge in [0.15, 0.2) is 5.69 Å². The van der Waals surface area contributed by atoms with E-state index in [4.69, 9.17) is 10.5 Å². The number of ether oxygens (including phenoxy) is 1. The van der Waals surface area contributed by atoms with Crippen molar-refractivity contribution in [2.45, 2.75) is 25.7 Å². The molecule has 2 aliphatic heterocycles. The van der Waals surface area contributed by atoms with Gasteiger partial charge in [0.1, 0.15) is 6.07 Å². The van der Waals surface area contributed by atoms with Crippen LogP contribution in [-0.4, -0.2) is 54.6 Å². The van der Waals surface area contributed by atoms with Gasteiger partial charge in [0.05, 0.1) is 29.7 Å². The first-order valence-electron chi connectivity index (χ1n) is 10.2. The van der Waals surface area contributed by atoms with Crippen LogP contribution in [0.5, 0.6) is 0 Å². The number of amides is 1. The fourth-order valence-electron chi connectivity index (χ4n) is 4.28. The van der Waals surface area contributed by atoms with Gasteiger partial charge in [-0.05, 0) is 43.9 Å². The number of nitrogen functional groups attached to an aromatic ring is 1. The standard InChI is InChI=1S/C22H25N5O3/c1-30-22(29)20-19(24)16(13-23)14-27(20)18-12-15(21(28)26-10-4-5-11-26)6-7-17(18)25-8-2-3-9-25/h6-7,12,14H,2-5,8-11,24H2,1H3. The zero-order chi connectivity index (χ0) is 21.3. The maximum absolute atomic E-state index is 13.0. The van der Waals surface area contributed by atoms with Crippen LogP contribution in [0.2, 0.25) is 0 Å². The fraction of sp³-hybridized carbons (Fsp3) is 0.409. The van der Waals surface area contributed by atoms with Crippen molar-refractivity contribution in [2.75, 3.05) is 43.9 Å². The van der Waals surface area contributed by atoms with Crippen molar-refractivity contribution in [2.24, 2.45) is 0 Å². The lowest BCUT2D eigenvalue weighted by Gasteiger charge is -2.24. The molecule has 0 unspecified atom stereocenters. The molecule has 0 radical (unpaired) electrons. The number of benzene rings is 1. The summed E-state index contributed by atoms with van der Waals surface area (Å²) in [7, 11) is 1.28. The molecule has 30 heavy (non-hydrogen) atoms. The Kier molecular flexibility index (Phi) is 5.36. The molecule has 1 aromatic heterocycles. The van der Waals surface area contributed by atoms with Crippen molar-refractivity contribution in [3.05, 3.63) is 41.2 Å². The van der Waals surface area contributed by atoms with Crippen molar-refractivity contribution in [1.29, 1.82) is 5.26 Å². The van der Waals surface area contributed by atoms with Gasteiger partial charge in [-0.1, -0.05) is 0 Å². The molecule has 2 aromatic rings. The molecule has 156 valence electrons. The van der Waals surface area contributed by atoms with Crippen LogP contribution in [-0.2, 0) is 4.74 Å². The van der Waals surface area contributed by atoms with E-state index in [-0.39, 0.29) is 22.9 Å². The Hall–Kier alpha value is -3.47. The summed E-state index contributed by atoms with van der Waals surface area (Å²) in [4.78, 5) is 29.6. The normalized spacial score (nSPS) is 16.0. The molecule has 2 fully saturated rings. The minimum absolute atomic E-state index is 0.0259. The molecule has 0 aliphatic carbocycles. The van der Waals surface area contributed by atoms with Gasteiger partial charge in [-0.25, -0.2) is 4.79 Å². The predicted octanol–water partition coefficient (Wildman–Crippen LogP) is 2.55. The van der Waals surface area contributed by atoms with Gasteiger partial charge in [-0.3, -0.25) is 4.79 Å². The van der Waals surface area contributed by atoms with E-state index < -0.39 is 5.97 Å². The smallest absolute Gasteiger partial charge is 0.357 e. The van der Waals surface area contributed by atoms with Gasteiger partial charge >= 0.3 is 5.97 Å². The number of aromatic nitrogens is 1. The highest BCUT2D eigenvalue weighted by atomic mass is 16.5. The number of rotatable bonds is 4. The highest BCUT2D eigenvalue weighted by Gasteiger charge is 2.27. The predicted molar refractivity (Wildman–Crippen MR) is 113 cm³/mol. The van der Waals surface area contributed by atoms with Crippen molar-refractivity contribution >= 4 is 23.3 Å². The average Bonchev–Trinajstić information content (AvgIpc) is 3.53. The van der Waals surface area contributed by atoms with Crippen LogP contribution >= 0.6 is 0 Å². The number of likely N-dealkylation sites (tertiary alicyclic amines) is 1. The lowest BCUT2D eigenvalue weighted by Crippen LogP contribution is -2.28. The fourth-order valence-corrected chi connectivity index (χ4v) is 4.28. The number of nitrogens with two attached hydrogens (primary N) is 1. The van der Waals surface area contributed by atoms with Crippen molar-refractivity contribution in [3.63, 3.8) is 0 Å². The summed E-state index contributed by atoms with van der Waals surface area (Å²) in [6.07, 6.45) is 5.72. The topological polar surface area (TPSA) is 105 Å². The summed E-state index contributed by atoms with van der Waals surface area (Å²) in [6.45, 7) is 3.29. The lowest BCUT2D eigenvalue weighted by molar-refractivity contribution is 0.0593. The summed E-state index contributed by atoms with van der Waals surface area (Å²) in [6, 6.07) is 7.59. The second-order valence-electron chi connectivity index (χ2n) is 7.68. The Bertz CT molecular complexity index is 1020. The molecule has 0 saturated carbocycles. The van der Waals surface area contributed by atoms with Gasteiger partial charge < -0.3 is 24.8 Å². The molecule has 0 bridgehead atoms. The molecule has 4 rings (SSSR count). The molecule has 8 heteroatoms. The van der Waals surface area contributed by atoms with Crippen LogP contribution in [0.3, 0.4) is 0 Å². The van der Waals surface area contributed by atoms with E-state index >= 15 is 0 Å². The summed E-state index contributed by atoms with van der Waals surface area (Å²) in [5.74, 6) is -0.653. The number of carbonyl (C=O) groups excluding carboxylic acids is 2. The summed E-state index contributed by atoms with van der Waals surface area (Å²) in [5, 5.41) is 9.46. The van der Waals surface area contributed by atoms with Crippen LogP contribution in [0.1, 0.15) is 52.1 Å². The van der Waals surface area contributed by atoms with E-state index in [0.717, 1.165) is 57.5 Å². The average molecular weight is 407 g/mol. The Balaban J connectivity index is 1.88. The van der Waals surface area contributed by atoms with E-state index in [1.165, 1.54) is 7.11 Å². The molecule has 0 spiro atoms. The van der Waals surface area contributed by atoms with Crippen molar-refractivity contribution < 1.29 is 14.3 Å². The number of nitriles is 1. The third-order valence-electron chi connectivity index (χ3n) is 5.87. The second kappa shape index (κ2) is 8.11. The summed E-state index contributed by atoms with van der Waals surface area (Å²) in [5.41, 5.74) is 8.56. The molecule has 2 saturated heterocycles. The second-order valence-corrected chi connectivity index (χ2v) is 7.68. The highest BCUT2D eigenvalue weighted by Crippen LogP contribution is 2.33. The Morgan fingerprint density at radius 1 is 1.07 bits per heavy atom. The van der Waals surface area contributed by atoms with Gasteiger partial charge in [0.25, 0.3) is 5.91 Å². The number of hydrogen-bond acceptors (Lipinski definition) is 6. The minimum atomic E-state index is -0.627. The highest BCUT2D eigenvalue weighted by molar-refractivity contribution is 5.98. The molecule has 2 aliphatic rings. The molecular weight excluding hydrogens is 382 g/mol. The SMILES string of the molecule is COC(=O)c1c(N)c(C#N)cn1-c1cc(C(=O)N2CCCC2)ccc1N1CCCC1. The van der Waals surface area contributed by atoms with Gasteiger partial charge in [-0.15, -0.1) is 0 Å². The quantitative estimate of drug-likeness (QED) is 0.781. The molecule has 8 nitrogen and oxygen atoms in total. The number of nitrogens with zero attached hydrogens (tertiary/aromatic N) is 4. The number of anilines is 2. The van der Waals surface area contributed by atoms with E-state index in [9.17, 15) is 14.9 Å². The van der Waals surface area contributed by atoms with Crippen LogP contribution < -0.4 is 10.6 Å². The summed E-state index contributed by atoms with van der Waals surface area (Å²) < 4.78 is 6.51. The van der Waals surface area contributed by atoms with E-state index in [1.54, 1.807) is 16.8 Å². The number of methoxy groups -OCH3 is 1. The molecule has 3 heterocycles. The van der Waals surface area contributed by atoms with Crippen LogP contribution in [0.15, 0.2) is 24.4 Å². The molecule has 0 atom stereocenters. The van der Waals surface area contributed by atoms with Crippen molar-refractivity contribution in [3.8, 4) is 11.8 Å². The molecule has 1 amide bonds. The monoisotopic (exact) mass is 407 g/mol. The first kappa shape index (κ1) is 19.8. The molecule has 2 N–H and O–H groups in total. The Labute approximate surface area is 175 Å². The van der Waals surface area contributed by atoms with E-state index in [0.29, 0.717) is 11.3 Å². The third kappa shape index (κ3) is 3.36. The maximum atomic E-state index is 13.0. The van der Waals surface area contributed by atoms with Gasteiger partial charge in [0, 0.05) is 37.9 Å². The molecule has 1 aromatic carbocycles. The largest absolute Gasteiger partial charge is 0.464 e. The lowest BCUT2D eigenvalue weighted by atomic mass is 10.1. The zero-order valence-electron chi connectivity index (χ0n) is 17.1. The van der Waals surface area contributed by atoms with Crippen LogP contribution in [0.25, 0.3) is 5.69 Å². The first-order valence-corrected chi connectivity index (χ1v) is 10.2. The minimum Gasteiger partial charge on any atom is -0.464 e. The zero-order valence-corrected chi connectivity index (χ0v) is 17.1. The molecular formula is C22H25N5O3. The number of hydrogen-bond donors (Lipinski definition) is 1. The van der Waals surface area contributed by atoms with Gasteiger partial charge in [0.2, 0.25) is 0 Å². The number of carbonyl (C=O) groups is 2. The number of esters is 1. The van der Waals surface area contributed by atoms with E-state index in [2.05, 4.69) is 4.90 Å². The Morgan fingerprint density at radius 2 is 1.73 bits per heavy atom. The summed E-state index contributed by atoms with van der Waals surface area (Å²) >= 11 is 0. The van der Waals surface area contributed by atoms with Gasteiger partial charge in [-0.2, -0.15) is 5.26 Å². The first-order chi connectivity index (χ1) is 14.5. The van der Waals surface area contributed by atoms with Crippen molar-refractivity contribution in [1.82, 2.24) is 9.47 Å². The Morgan fingerprint density at radius 3 is 2.37 bits per heavy atom. The van der Waals surface area contributed by atoms with Crippen LogP contribution in [0.4, 0.5) is 11.4 Å². The third-order valence-corrected chi connectivity index (χ3v) is 5.87.